The molecule has 7 heteroatoms. The summed E-state index contributed by atoms with van der Waals surface area (Å²) in [4.78, 5) is 14.1. The molecule has 1 N–H and O–H groups in total. The molecular formula is C25H29ClFN5. The van der Waals surface area contributed by atoms with Crippen molar-refractivity contribution in [2.75, 3.05) is 45.1 Å². The third-order valence-corrected chi connectivity index (χ3v) is 6.10. The Labute approximate surface area is 194 Å². The number of halogens is 2. The minimum atomic E-state index is -0.241. The average Bonchev–Trinajstić information content (AvgIpc) is 2.80. The van der Waals surface area contributed by atoms with Crippen molar-refractivity contribution in [2.45, 2.75) is 19.4 Å². The van der Waals surface area contributed by atoms with Gasteiger partial charge in [0.05, 0.1) is 10.7 Å². The van der Waals surface area contributed by atoms with E-state index < -0.39 is 0 Å². The lowest BCUT2D eigenvalue weighted by Gasteiger charge is -2.32. The Balaban J connectivity index is 1.38. The predicted molar refractivity (Wildman–Crippen MR) is 128 cm³/mol. The fraction of sp³-hybridized carbons (Fsp3) is 0.360. The summed E-state index contributed by atoms with van der Waals surface area (Å²) in [6.45, 7) is 6.13. The molecule has 168 valence electrons. The van der Waals surface area contributed by atoms with Crippen LogP contribution in [0.2, 0.25) is 5.02 Å². The molecule has 1 saturated heterocycles. The first-order valence-electron chi connectivity index (χ1n) is 11.1. The van der Waals surface area contributed by atoms with Crippen LogP contribution in [0.3, 0.4) is 0 Å². The molecule has 0 spiro atoms. The molecule has 3 heterocycles. The molecule has 0 radical (unpaired) electrons. The minimum Gasteiger partial charge on any atom is -0.366 e. The molecular weight excluding hydrogens is 425 g/mol. The molecule has 32 heavy (non-hydrogen) atoms. The van der Waals surface area contributed by atoms with E-state index in [-0.39, 0.29) is 5.82 Å². The molecule has 0 saturated carbocycles. The van der Waals surface area contributed by atoms with Gasteiger partial charge in [-0.3, -0.25) is 4.98 Å². The SMILES string of the molecule is CN1CCN(CCCc2cc(-c3cccc(NCc4cccc(F)c4)n3)c(Cl)cn2)CC1. The molecule has 0 aliphatic carbocycles. The van der Waals surface area contributed by atoms with E-state index in [1.165, 1.54) is 12.1 Å². The van der Waals surface area contributed by atoms with Gasteiger partial charge in [-0.25, -0.2) is 9.37 Å². The largest absolute Gasteiger partial charge is 0.366 e. The molecule has 0 amide bonds. The van der Waals surface area contributed by atoms with E-state index in [0.29, 0.717) is 11.6 Å². The van der Waals surface area contributed by atoms with E-state index >= 15 is 0 Å². The lowest BCUT2D eigenvalue weighted by Crippen LogP contribution is -2.44. The van der Waals surface area contributed by atoms with Gasteiger partial charge in [0, 0.05) is 50.2 Å². The zero-order valence-electron chi connectivity index (χ0n) is 18.4. The van der Waals surface area contributed by atoms with Gasteiger partial charge < -0.3 is 15.1 Å². The summed E-state index contributed by atoms with van der Waals surface area (Å²) in [5.41, 5.74) is 3.56. The van der Waals surface area contributed by atoms with Crippen LogP contribution >= 0.6 is 11.6 Å². The smallest absolute Gasteiger partial charge is 0.126 e. The van der Waals surface area contributed by atoms with Gasteiger partial charge in [0.2, 0.25) is 0 Å². The highest BCUT2D eigenvalue weighted by molar-refractivity contribution is 6.33. The third kappa shape index (κ3) is 6.25. The zero-order chi connectivity index (χ0) is 22.3. The van der Waals surface area contributed by atoms with Gasteiger partial charge >= 0.3 is 0 Å². The van der Waals surface area contributed by atoms with Gasteiger partial charge in [0.1, 0.15) is 11.6 Å². The van der Waals surface area contributed by atoms with Gasteiger partial charge in [0.25, 0.3) is 0 Å². The number of piperazine rings is 1. The highest BCUT2D eigenvalue weighted by atomic mass is 35.5. The monoisotopic (exact) mass is 453 g/mol. The van der Waals surface area contributed by atoms with Crippen LogP contribution in [0.15, 0.2) is 54.7 Å². The zero-order valence-corrected chi connectivity index (χ0v) is 19.2. The van der Waals surface area contributed by atoms with E-state index in [9.17, 15) is 4.39 Å². The maximum atomic E-state index is 13.4. The quantitative estimate of drug-likeness (QED) is 0.534. The summed E-state index contributed by atoms with van der Waals surface area (Å²) in [7, 11) is 2.18. The van der Waals surface area contributed by atoms with Crippen molar-refractivity contribution in [3.63, 3.8) is 0 Å². The van der Waals surface area contributed by atoms with Crippen molar-refractivity contribution in [2.24, 2.45) is 0 Å². The number of aromatic nitrogens is 2. The van der Waals surface area contributed by atoms with Gasteiger partial charge in [-0.2, -0.15) is 0 Å². The fourth-order valence-electron chi connectivity index (χ4n) is 3.89. The molecule has 1 aliphatic rings. The second-order valence-corrected chi connectivity index (χ2v) is 8.70. The van der Waals surface area contributed by atoms with Crippen LogP contribution in [0.25, 0.3) is 11.3 Å². The lowest BCUT2D eigenvalue weighted by atomic mass is 10.1. The number of aryl methyl sites for hydroxylation is 1. The standard InChI is InChI=1S/C25H29ClFN5/c1-31-11-13-32(14-12-31)10-4-7-21-16-22(23(26)18-28-21)24-8-3-9-25(30-24)29-17-19-5-2-6-20(27)15-19/h2-3,5-6,8-9,15-16,18H,4,7,10-14,17H2,1H3,(H,29,30). The first kappa shape index (κ1) is 22.6. The lowest BCUT2D eigenvalue weighted by molar-refractivity contribution is 0.153. The first-order valence-corrected chi connectivity index (χ1v) is 11.5. The van der Waals surface area contributed by atoms with Crippen LogP contribution < -0.4 is 5.32 Å². The van der Waals surface area contributed by atoms with Crippen LogP contribution in [0.5, 0.6) is 0 Å². The number of pyridine rings is 2. The molecule has 0 bridgehead atoms. The second-order valence-electron chi connectivity index (χ2n) is 8.30. The summed E-state index contributed by atoms with van der Waals surface area (Å²) in [5.74, 6) is 0.478. The van der Waals surface area contributed by atoms with E-state index in [1.807, 2.05) is 30.3 Å². The summed E-state index contributed by atoms with van der Waals surface area (Å²) in [6, 6.07) is 14.4. The molecule has 1 fully saturated rings. The minimum absolute atomic E-state index is 0.241. The number of anilines is 1. The summed E-state index contributed by atoms with van der Waals surface area (Å²) in [5, 5.41) is 3.85. The van der Waals surface area contributed by atoms with Crippen molar-refractivity contribution in [1.82, 2.24) is 19.8 Å². The van der Waals surface area contributed by atoms with E-state index in [1.54, 1.807) is 12.3 Å². The molecule has 3 aromatic rings. The molecule has 1 aliphatic heterocycles. The number of benzene rings is 1. The van der Waals surface area contributed by atoms with Crippen molar-refractivity contribution in [3.8, 4) is 11.3 Å². The maximum absolute atomic E-state index is 13.4. The van der Waals surface area contributed by atoms with E-state index in [2.05, 4.69) is 27.1 Å². The number of likely N-dealkylation sites (N-methyl/N-ethyl adjacent to an activating group) is 1. The van der Waals surface area contributed by atoms with Crippen LogP contribution in [0.4, 0.5) is 10.2 Å². The van der Waals surface area contributed by atoms with E-state index in [4.69, 9.17) is 16.6 Å². The van der Waals surface area contributed by atoms with Crippen molar-refractivity contribution in [1.29, 1.82) is 0 Å². The molecule has 4 rings (SSSR count). The highest BCUT2D eigenvalue weighted by Crippen LogP contribution is 2.28. The van der Waals surface area contributed by atoms with Crippen molar-refractivity contribution < 1.29 is 4.39 Å². The van der Waals surface area contributed by atoms with Crippen LogP contribution in [-0.4, -0.2) is 59.5 Å². The van der Waals surface area contributed by atoms with Gasteiger partial charge in [0.15, 0.2) is 0 Å². The average molecular weight is 454 g/mol. The Morgan fingerprint density at radius 1 is 1.06 bits per heavy atom. The number of nitrogens with zero attached hydrogens (tertiary/aromatic N) is 4. The first-order chi connectivity index (χ1) is 15.6. The normalized spacial score (nSPS) is 15.1. The van der Waals surface area contributed by atoms with Gasteiger partial charge in [-0.1, -0.05) is 29.8 Å². The van der Waals surface area contributed by atoms with Gasteiger partial charge in [-0.05, 0) is 62.3 Å². The topological polar surface area (TPSA) is 44.3 Å². The van der Waals surface area contributed by atoms with Crippen molar-refractivity contribution >= 4 is 17.4 Å². The predicted octanol–water partition coefficient (Wildman–Crippen LogP) is 4.73. The molecule has 1 aromatic carbocycles. The Bertz CT molecular complexity index is 1040. The molecule has 2 aromatic heterocycles. The number of nitrogens with one attached hydrogen (secondary N) is 1. The Morgan fingerprint density at radius 2 is 1.88 bits per heavy atom. The molecule has 0 atom stereocenters. The van der Waals surface area contributed by atoms with Crippen molar-refractivity contribution in [3.05, 3.63) is 76.8 Å². The second kappa shape index (κ2) is 10.9. The maximum Gasteiger partial charge on any atom is 0.126 e. The van der Waals surface area contributed by atoms with E-state index in [0.717, 1.165) is 73.9 Å². The van der Waals surface area contributed by atoms with Crippen LogP contribution in [-0.2, 0) is 13.0 Å². The number of hydrogen-bond donors (Lipinski definition) is 1. The Hall–Kier alpha value is -2.54. The number of hydrogen-bond acceptors (Lipinski definition) is 5. The summed E-state index contributed by atoms with van der Waals surface area (Å²) in [6.07, 6.45) is 3.70. The van der Waals surface area contributed by atoms with Crippen LogP contribution in [0.1, 0.15) is 17.7 Å². The molecule has 0 unspecified atom stereocenters. The fourth-order valence-corrected chi connectivity index (χ4v) is 4.09. The molecule has 5 nitrogen and oxygen atoms in total. The summed E-state index contributed by atoms with van der Waals surface area (Å²) < 4.78 is 13.4. The highest BCUT2D eigenvalue weighted by Gasteiger charge is 2.14. The Morgan fingerprint density at radius 3 is 2.69 bits per heavy atom. The number of rotatable bonds is 8. The third-order valence-electron chi connectivity index (χ3n) is 5.80. The summed E-state index contributed by atoms with van der Waals surface area (Å²) >= 11 is 6.47. The van der Waals surface area contributed by atoms with Crippen LogP contribution in [0, 0.1) is 5.82 Å². The van der Waals surface area contributed by atoms with Gasteiger partial charge in [-0.15, -0.1) is 0 Å². The Kier molecular flexibility index (Phi) is 7.68.